The van der Waals surface area contributed by atoms with Crippen LogP contribution in [0.2, 0.25) is 0 Å². The summed E-state index contributed by atoms with van der Waals surface area (Å²) in [4.78, 5) is 4.28. The molecule has 0 saturated heterocycles. The smallest absolute Gasteiger partial charge is 0.0959 e. The molecule has 92 valence electrons. The van der Waals surface area contributed by atoms with Gasteiger partial charge in [0.1, 0.15) is 0 Å². The van der Waals surface area contributed by atoms with E-state index in [0.29, 0.717) is 13.2 Å². The van der Waals surface area contributed by atoms with Crippen LogP contribution >= 0.6 is 0 Å². The van der Waals surface area contributed by atoms with E-state index in [4.69, 9.17) is 4.74 Å². The number of hydrogen-bond donors (Lipinski definition) is 1. The molecule has 0 amide bonds. The third-order valence-electron chi connectivity index (χ3n) is 2.56. The van der Waals surface area contributed by atoms with Crippen molar-refractivity contribution in [3.05, 3.63) is 30.6 Å². The number of para-hydroxylation sites is 2. The van der Waals surface area contributed by atoms with E-state index >= 15 is 0 Å². The highest BCUT2D eigenvalue weighted by molar-refractivity contribution is 5.74. The number of aliphatic hydroxyl groups excluding tert-OH is 1. The van der Waals surface area contributed by atoms with Crippen LogP contribution in [0, 0.1) is 0 Å². The van der Waals surface area contributed by atoms with E-state index in [9.17, 15) is 5.11 Å². The van der Waals surface area contributed by atoms with Gasteiger partial charge in [-0.3, -0.25) is 0 Å². The van der Waals surface area contributed by atoms with Crippen LogP contribution in [0.3, 0.4) is 0 Å². The number of nitrogens with zero attached hydrogens (tertiary/aromatic N) is 2. The number of benzene rings is 1. The summed E-state index contributed by atoms with van der Waals surface area (Å²) in [5.74, 6) is 0. The fraction of sp³-hybridized carbons (Fsp3) is 0.462. The normalized spacial score (nSPS) is 13.4. The highest BCUT2D eigenvalue weighted by Crippen LogP contribution is 2.12. The molecule has 1 atom stereocenters. The summed E-state index contributed by atoms with van der Waals surface area (Å²) in [6.45, 7) is 4.77. The molecule has 1 aromatic carbocycles. The average Bonchev–Trinajstić information content (AvgIpc) is 2.70. The first-order valence-corrected chi connectivity index (χ1v) is 5.86. The van der Waals surface area contributed by atoms with Crippen LogP contribution in [0.25, 0.3) is 11.0 Å². The Balaban J connectivity index is 2.03. The lowest BCUT2D eigenvalue weighted by atomic mass is 10.3. The van der Waals surface area contributed by atoms with Crippen molar-refractivity contribution in [1.82, 2.24) is 9.55 Å². The molecule has 1 aromatic heterocycles. The number of aromatic nitrogens is 2. The molecule has 0 bridgehead atoms. The Morgan fingerprint density at radius 3 is 2.88 bits per heavy atom. The predicted octanol–water partition coefficient (Wildman–Crippen LogP) is 1.82. The second-order valence-electron chi connectivity index (χ2n) is 4.42. The van der Waals surface area contributed by atoms with Crippen LogP contribution in [0.4, 0.5) is 0 Å². The number of hydrogen-bond acceptors (Lipinski definition) is 3. The van der Waals surface area contributed by atoms with E-state index in [1.54, 1.807) is 6.33 Å². The molecular weight excluding hydrogens is 216 g/mol. The summed E-state index contributed by atoms with van der Waals surface area (Å²) in [6.07, 6.45) is 1.39. The number of rotatable bonds is 5. The van der Waals surface area contributed by atoms with Gasteiger partial charge in [-0.1, -0.05) is 12.1 Å². The molecular formula is C13H18N2O2. The second-order valence-corrected chi connectivity index (χ2v) is 4.42. The van der Waals surface area contributed by atoms with Gasteiger partial charge in [-0.2, -0.15) is 0 Å². The molecule has 0 spiro atoms. The Morgan fingerprint density at radius 2 is 2.12 bits per heavy atom. The number of imidazole rings is 1. The van der Waals surface area contributed by atoms with Crippen molar-refractivity contribution < 1.29 is 9.84 Å². The Kier molecular flexibility index (Phi) is 3.76. The summed E-state index contributed by atoms with van der Waals surface area (Å²) in [5, 5.41) is 9.86. The third-order valence-corrected chi connectivity index (χ3v) is 2.56. The fourth-order valence-electron chi connectivity index (χ4n) is 1.74. The molecule has 4 heteroatoms. The zero-order valence-corrected chi connectivity index (χ0v) is 10.2. The van der Waals surface area contributed by atoms with Crippen molar-refractivity contribution in [2.75, 3.05) is 6.61 Å². The molecule has 1 heterocycles. The van der Waals surface area contributed by atoms with Crippen LogP contribution in [-0.4, -0.2) is 33.5 Å². The van der Waals surface area contributed by atoms with E-state index in [2.05, 4.69) is 4.98 Å². The summed E-state index contributed by atoms with van der Waals surface area (Å²) in [7, 11) is 0. The van der Waals surface area contributed by atoms with Gasteiger partial charge >= 0.3 is 0 Å². The van der Waals surface area contributed by atoms with Gasteiger partial charge in [-0.25, -0.2) is 4.98 Å². The molecule has 0 aliphatic carbocycles. The standard InChI is InChI=1S/C13H18N2O2/c1-10(2)17-8-11(16)7-15-9-14-12-5-3-4-6-13(12)15/h3-6,9-11,16H,7-8H2,1-2H3. The zero-order chi connectivity index (χ0) is 12.3. The quantitative estimate of drug-likeness (QED) is 0.858. The molecule has 0 radical (unpaired) electrons. The molecule has 1 N–H and O–H groups in total. The van der Waals surface area contributed by atoms with E-state index in [0.717, 1.165) is 11.0 Å². The highest BCUT2D eigenvalue weighted by atomic mass is 16.5. The van der Waals surface area contributed by atoms with Crippen molar-refractivity contribution in [2.45, 2.75) is 32.6 Å². The fourth-order valence-corrected chi connectivity index (χ4v) is 1.74. The summed E-state index contributed by atoms with van der Waals surface area (Å²) in [6, 6.07) is 7.89. The molecule has 0 fully saturated rings. The maximum Gasteiger partial charge on any atom is 0.0959 e. The summed E-state index contributed by atoms with van der Waals surface area (Å²) >= 11 is 0. The maximum absolute atomic E-state index is 9.86. The molecule has 4 nitrogen and oxygen atoms in total. The van der Waals surface area contributed by atoms with Gasteiger partial charge in [0, 0.05) is 0 Å². The average molecular weight is 234 g/mol. The van der Waals surface area contributed by atoms with Gasteiger partial charge in [0.2, 0.25) is 0 Å². The van der Waals surface area contributed by atoms with Crippen LogP contribution in [-0.2, 0) is 11.3 Å². The van der Waals surface area contributed by atoms with Crippen molar-refractivity contribution in [1.29, 1.82) is 0 Å². The summed E-state index contributed by atoms with van der Waals surface area (Å²) < 4.78 is 7.33. The molecule has 2 aromatic rings. The monoisotopic (exact) mass is 234 g/mol. The Morgan fingerprint density at radius 1 is 1.35 bits per heavy atom. The minimum Gasteiger partial charge on any atom is -0.389 e. The van der Waals surface area contributed by atoms with Gasteiger partial charge in [0.05, 0.1) is 42.7 Å². The Bertz CT molecular complexity index is 479. The lowest BCUT2D eigenvalue weighted by Crippen LogP contribution is -2.23. The first-order chi connectivity index (χ1) is 8.16. The third kappa shape index (κ3) is 3.05. The molecule has 0 aliphatic rings. The van der Waals surface area contributed by atoms with E-state index in [1.807, 2.05) is 42.7 Å². The zero-order valence-electron chi connectivity index (χ0n) is 10.2. The van der Waals surface area contributed by atoms with Crippen LogP contribution < -0.4 is 0 Å². The van der Waals surface area contributed by atoms with Crippen molar-refractivity contribution in [2.24, 2.45) is 0 Å². The minimum atomic E-state index is -0.505. The first-order valence-electron chi connectivity index (χ1n) is 5.86. The molecule has 0 saturated carbocycles. The van der Waals surface area contributed by atoms with Gasteiger partial charge in [-0.15, -0.1) is 0 Å². The van der Waals surface area contributed by atoms with E-state index in [-0.39, 0.29) is 6.10 Å². The van der Waals surface area contributed by atoms with Crippen molar-refractivity contribution in [3.8, 4) is 0 Å². The van der Waals surface area contributed by atoms with Gasteiger partial charge in [0.15, 0.2) is 0 Å². The van der Waals surface area contributed by atoms with Crippen molar-refractivity contribution >= 4 is 11.0 Å². The maximum atomic E-state index is 9.86. The van der Waals surface area contributed by atoms with E-state index in [1.165, 1.54) is 0 Å². The van der Waals surface area contributed by atoms with Gasteiger partial charge < -0.3 is 14.4 Å². The van der Waals surface area contributed by atoms with E-state index < -0.39 is 6.10 Å². The van der Waals surface area contributed by atoms with Crippen LogP contribution in [0.15, 0.2) is 30.6 Å². The number of fused-ring (bicyclic) bond motifs is 1. The van der Waals surface area contributed by atoms with Crippen LogP contribution in [0.1, 0.15) is 13.8 Å². The molecule has 1 unspecified atom stereocenters. The number of ether oxygens (including phenoxy) is 1. The Labute approximate surface area is 101 Å². The predicted molar refractivity (Wildman–Crippen MR) is 66.8 cm³/mol. The van der Waals surface area contributed by atoms with Gasteiger partial charge in [0.25, 0.3) is 0 Å². The second kappa shape index (κ2) is 5.29. The lowest BCUT2D eigenvalue weighted by molar-refractivity contribution is -0.000291. The first kappa shape index (κ1) is 12.1. The highest BCUT2D eigenvalue weighted by Gasteiger charge is 2.09. The Hall–Kier alpha value is -1.39. The molecule has 2 rings (SSSR count). The summed E-state index contributed by atoms with van der Waals surface area (Å²) in [5.41, 5.74) is 1.99. The minimum absolute atomic E-state index is 0.143. The van der Waals surface area contributed by atoms with Crippen LogP contribution in [0.5, 0.6) is 0 Å². The number of aliphatic hydroxyl groups is 1. The SMILES string of the molecule is CC(C)OCC(O)Cn1cnc2ccccc21. The molecule has 0 aliphatic heterocycles. The lowest BCUT2D eigenvalue weighted by Gasteiger charge is -2.14. The van der Waals surface area contributed by atoms with Gasteiger partial charge in [-0.05, 0) is 26.0 Å². The molecule has 17 heavy (non-hydrogen) atoms. The topological polar surface area (TPSA) is 47.3 Å². The van der Waals surface area contributed by atoms with Crippen molar-refractivity contribution in [3.63, 3.8) is 0 Å². The largest absolute Gasteiger partial charge is 0.389 e.